The van der Waals surface area contributed by atoms with Gasteiger partial charge in [-0.05, 0) is 72.5 Å². The molecule has 1 atom stereocenters. The van der Waals surface area contributed by atoms with Gasteiger partial charge in [0.2, 0.25) is 0 Å². The molecule has 4 rings (SSSR count). The molecule has 1 fully saturated rings. The van der Waals surface area contributed by atoms with Crippen LogP contribution in [0, 0.1) is 0 Å². The summed E-state index contributed by atoms with van der Waals surface area (Å²) in [6.45, 7) is 1.70. The van der Waals surface area contributed by atoms with Crippen LogP contribution in [-0.4, -0.2) is 43.9 Å². The molecule has 32 heavy (non-hydrogen) atoms. The third-order valence-corrected chi connectivity index (χ3v) is 6.45. The summed E-state index contributed by atoms with van der Waals surface area (Å²) >= 11 is 0. The number of aliphatic hydroxyl groups is 1. The van der Waals surface area contributed by atoms with Gasteiger partial charge in [0.25, 0.3) is 0 Å². The smallest absolute Gasteiger partial charge is 0.130 e. The van der Waals surface area contributed by atoms with Crippen LogP contribution in [-0.2, 0) is 12.1 Å². The number of hydrogen-bond donors (Lipinski definition) is 1. The normalized spacial score (nSPS) is 16.7. The van der Waals surface area contributed by atoms with E-state index < -0.39 is 5.60 Å². The summed E-state index contributed by atoms with van der Waals surface area (Å²) < 4.78 is 16.0. The van der Waals surface area contributed by atoms with Crippen LogP contribution in [0.15, 0.2) is 72.8 Å². The average Bonchev–Trinajstić information content (AvgIpc) is 3.32. The maximum atomic E-state index is 12.4. The highest BCUT2D eigenvalue weighted by molar-refractivity contribution is 5.43. The van der Waals surface area contributed by atoms with Crippen molar-refractivity contribution in [3.8, 4) is 17.2 Å². The van der Waals surface area contributed by atoms with Crippen LogP contribution in [0.2, 0.25) is 0 Å². The molecule has 0 bridgehead atoms. The molecule has 1 saturated heterocycles. The first kappa shape index (κ1) is 22.2. The van der Waals surface area contributed by atoms with E-state index in [1.54, 1.807) is 21.3 Å². The molecule has 1 unspecified atom stereocenters. The van der Waals surface area contributed by atoms with Crippen molar-refractivity contribution < 1.29 is 19.3 Å². The Labute approximate surface area is 190 Å². The van der Waals surface area contributed by atoms with Crippen molar-refractivity contribution in [1.29, 1.82) is 0 Å². The fraction of sp³-hybridized carbons (Fsp3) is 0.333. The molecule has 3 aromatic carbocycles. The lowest BCUT2D eigenvalue weighted by Gasteiger charge is -2.40. The van der Waals surface area contributed by atoms with Crippen LogP contribution in [0.3, 0.4) is 0 Å². The topological polar surface area (TPSA) is 51.2 Å². The number of ether oxygens (including phenoxy) is 3. The molecule has 1 N–H and O–H groups in total. The van der Waals surface area contributed by atoms with Crippen molar-refractivity contribution in [1.82, 2.24) is 4.90 Å². The van der Waals surface area contributed by atoms with Crippen LogP contribution in [0.5, 0.6) is 17.2 Å². The largest absolute Gasteiger partial charge is 0.497 e. The third kappa shape index (κ3) is 4.31. The van der Waals surface area contributed by atoms with Gasteiger partial charge < -0.3 is 19.3 Å². The highest BCUT2D eigenvalue weighted by Gasteiger charge is 2.45. The van der Waals surface area contributed by atoms with E-state index in [4.69, 9.17) is 14.2 Å². The maximum absolute atomic E-state index is 12.4. The van der Waals surface area contributed by atoms with Gasteiger partial charge >= 0.3 is 0 Å². The Bertz CT molecular complexity index is 952. The summed E-state index contributed by atoms with van der Waals surface area (Å²) in [4.78, 5) is 2.39. The summed E-state index contributed by atoms with van der Waals surface area (Å²) in [5.41, 5.74) is 1.75. The van der Waals surface area contributed by atoms with Crippen LogP contribution in [0.25, 0.3) is 0 Å². The quantitative estimate of drug-likeness (QED) is 0.562. The molecule has 1 heterocycles. The van der Waals surface area contributed by atoms with Crippen LogP contribution in [0.1, 0.15) is 29.5 Å². The molecular weight excluding hydrogens is 402 g/mol. The van der Waals surface area contributed by atoms with Crippen molar-refractivity contribution in [2.24, 2.45) is 0 Å². The van der Waals surface area contributed by atoms with Gasteiger partial charge in [-0.15, -0.1) is 0 Å². The Balaban J connectivity index is 1.71. The number of rotatable bonds is 8. The molecule has 0 spiro atoms. The summed E-state index contributed by atoms with van der Waals surface area (Å²) in [7, 11) is 4.98. The fourth-order valence-electron chi connectivity index (χ4n) is 4.70. The maximum Gasteiger partial charge on any atom is 0.130 e. The predicted molar refractivity (Wildman–Crippen MR) is 125 cm³/mol. The standard InChI is InChI=1S/C27H31NO4/c1-30-23-12-6-20(7-13-23)19-28-18-4-5-26(28)27(29,21-8-14-24(31-2)15-9-21)22-10-16-25(32-3)17-11-22/h6-17,26,29H,4-5,18-19H2,1-3H3. The minimum Gasteiger partial charge on any atom is -0.497 e. The molecule has 1 aliphatic rings. The van der Waals surface area contributed by atoms with E-state index in [9.17, 15) is 5.11 Å². The van der Waals surface area contributed by atoms with Gasteiger partial charge in [0, 0.05) is 12.6 Å². The zero-order valence-corrected chi connectivity index (χ0v) is 19.0. The molecule has 5 heteroatoms. The monoisotopic (exact) mass is 433 g/mol. The van der Waals surface area contributed by atoms with Gasteiger partial charge in [0.05, 0.1) is 21.3 Å². The SMILES string of the molecule is COc1ccc(CN2CCCC2C(O)(c2ccc(OC)cc2)c2ccc(OC)cc2)cc1. The minimum absolute atomic E-state index is 0.0635. The van der Waals surface area contributed by atoms with Gasteiger partial charge in [0.1, 0.15) is 22.8 Å². The lowest BCUT2D eigenvalue weighted by Crippen LogP contribution is -2.48. The summed E-state index contributed by atoms with van der Waals surface area (Å²) in [6.07, 6.45) is 1.94. The first-order chi connectivity index (χ1) is 15.6. The van der Waals surface area contributed by atoms with Crippen LogP contribution >= 0.6 is 0 Å². The second-order valence-corrected chi connectivity index (χ2v) is 8.20. The first-order valence-electron chi connectivity index (χ1n) is 11.0. The molecule has 0 radical (unpaired) electrons. The lowest BCUT2D eigenvalue weighted by molar-refractivity contribution is -0.00658. The Morgan fingerprint density at radius 3 is 1.62 bits per heavy atom. The predicted octanol–water partition coefficient (Wildman–Crippen LogP) is 4.61. The Hall–Kier alpha value is -3.02. The van der Waals surface area contributed by atoms with Crippen molar-refractivity contribution >= 4 is 0 Å². The molecule has 3 aromatic rings. The zero-order valence-electron chi connectivity index (χ0n) is 19.0. The van der Waals surface area contributed by atoms with E-state index in [-0.39, 0.29) is 6.04 Å². The lowest BCUT2D eigenvalue weighted by atomic mass is 9.79. The molecule has 0 amide bonds. The van der Waals surface area contributed by atoms with E-state index in [1.165, 1.54) is 5.56 Å². The molecule has 0 aliphatic carbocycles. The summed E-state index contributed by atoms with van der Waals surface area (Å²) in [5, 5.41) is 12.4. The van der Waals surface area contributed by atoms with E-state index >= 15 is 0 Å². The van der Waals surface area contributed by atoms with Crippen molar-refractivity contribution in [2.75, 3.05) is 27.9 Å². The Morgan fingerprint density at radius 1 is 0.750 bits per heavy atom. The number of hydrogen-bond acceptors (Lipinski definition) is 5. The van der Waals surface area contributed by atoms with Crippen molar-refractivity contribution in [2.45, 2.75) is 31.0 Å². The second kappa shape index (κ2) is 9.63. The van der Waals surface area contributed by atoms with E-state index in [2.05, 4.69) is 17.0 Å². The van der Waals surface area contributed by atoms with Gasteiger partial charge in [0.15, 0.2) is 0 Å². The van der Waals surface area contributed by atoms with Gasteiger partial charge in [-0.1, -0.05) is 36.4 Å². The van der Waals surface area contributed by atoms with E-state index in [0.717, 1.165) is 54.3 Å². The van der Waals surface area contributed by atoms with E-state index in [1.807, 2.05) is 60.7 Å². The van der Waals surface area contributed by atoms with Crippen molar-refractivity contribution in [3.05, 3.63) is 89.5 Å². The average molecular weight is 434 g/mol. The molecular formula is C27H31NO4. The van der Waals surface area contributed by atoms with Crippen molar-refractivity contribution in [3.63, 3.8) is 0 Å². The molecule has 5 nitrogen and oxygen atoms in total. The van der Waals surface area contributed by atoms with Crippen LogP contribution < -0.4 is 14.2 Å². The first-order valence-corrected chi connectivity index (χ1v) is 11.0. The third-order valence-electron chi connectivity index (χ3n) is 6.45. The zero-order chi connectivity index (χ0) is 22.6. The van der Waals surface area contributed by atoms with Crippen LogP contribution in [0.4, 0.5) is 0 Å². The highest BCUT2D eigenvalue weighted by Crippen LogP contribution is 2.41. The number of benzene rings is 3. The van der Waals surface area contributed by atoms with E-state index in [0.29, 0.717) is 0 Å². The van der Waals surface area contributed by atoms with Gasteiger partial charge in [-0.3, -0.25) is 4.90 Å². The highest BCUT2D eigenvalue weighted by atomic mass is 16.5. The summed E-state index contributed by atoms with van der Waals surface area (Å²) in [5.74, 6) is 2.39. The fourth-order valence-corrected chi connectivity index (χ4v) is 4.70. The minimum atomic E-state index is -1.17. The Morgan fingerprint density at radius 2 is 1.19 bits per heavy atom. The van der Waals surface area contributed by atoms with Gasteiger partial charge in [-0.2, -0.15) is 0 Å². The Kier molecular flexibility index (Phi) is 6.68. The number of likely N-dealkylation sites (tertiary alicyclic amines) is 1. The van der Waals surface area contributed by atoms with Gasteiger partial charge in [-0.25, -0.2) is 0 Å². The number of nitrogens with zero attached hydrogens (tertiary/aromatic N) is 1. The molecule has 1 aliphatic heterocycles. The molecule has 168 valence electrons. The molecule has 0 aromatic heterocycles. The summed E-state index contributed by atoms with van der Waals surface area (Å²) in [6, 6.07) is 23.6. The molecule has 0 saturated carbocycles. The second-order valence-electron chi connectivity index (χ2n) is 8.20. The number of methoxy groups -OCH3 is 3.